The van der Waals surface area contributed by atoms with Crippen LogP contribution < -0.4 is 10.6 Å². The van der Waals surface area contributed by atoms with Crippen LogP contribution in [0.25, 0.3) is 0 Å². The van der Waals surface area contributed by atoms with Crippen LogP contribution >= 0.6 is 0 Å². The lowest BCUT2D eigenvalue weighted by Gasteiger charge is -1.96. The minimum absolute atomic E-state index is 0.230. The molecule has 0 aliphatic carbocycles. The summed E-state index contributed by atoms with van der Waals surface area (Å²) in [6.45, 7) is 2.71. The van der Waals surface area contributed by atoms with Gasteiger partial charge in [-0.15, -0.1) is 0 Å². The maximum atomic E-state index is 10.3. The highest BCUT2D eigenvalue weighted by molar-refractivity contribution is 5.72. The van der Waals surface area contributed by atoms with Crippen LogP contribution in [0.5, 0.6) is 0 Å². The predicted octanol–water partition coefficient (Wildman–Crippen LogP) is 0.340. The Morgan fingerprint density at radius 2 is 2.38 bits per heavy atom. The van der Waals surface area contributed by atoms with Crippen LogP contribution in [0.2, 0.25) is 0 Å². The van der Waals surface area contributed by atoms with Crippen molar-refractivity contribution in [2.75, 3.05) is 13.6 Å². The van der Waals surface area contributed by atoms with Crippen LogP contribution in [-0.4, -0.2) is 19.6 Å². The summed E-state index contributed by atoms with van der Waals surface area (Å²) >= 11 is 0. The third-order valence-electron chi connectivity index (χ3n) is 0.729. The third-order valence-corrected chi connectivity index (χ3v) is 0.729. The molecule has 0 bridgehead atoms. The van der Waals surface area contributed by atoms with Crippen molar-refractivity contribution < 1.29 is 4.79 Å². The van der Waals surface area contributed by atoms with Crippen molar-refractivity contribution in [3.8, 4) is 0 Å². The Morgan fingerprint density at radius 3 is 2.75 bits per heavy atom. The molecule has 0 spiro atoms. The number of rotatable bonds is 2. The van der Waals surface area contributed by atoms with E-state index in [-0.39, 0.29) is 6.03 Å². The van der Waals surface area contributed by atoms with Gasteiger partial charge >= 0.3 is 6.03 Å². The molecule has 0 aromatic heterocycles. The summed E-state index contributed by atoms with van der Waals surface area (Å²) in [7, 11) is 1.48. The molecule has 1 radical (unpaired) electrons. The van der Waals surface area contributed by atoms with Gasteiger partial charge in [-0.2, -0.15) is 0 Å². The van der Waals surface area contributed by atoms with Crippen LogP contribution in [0.15, 0.2) is 0 Å². The fourth-order valence-corrected chi connectivity index (χ4v) is 0.311. The first-order valence-corrected chi connectivity index (χ1v) is 2.69. The van der Waals surface area contributed by atoms with Crippen molar-refractivity contribution in [2.45, 2.75) is 13.3 Å². The smallest absolute Gasteiger partial charge is 0.336 e. The van der Waals surface area contributed by atoms with E-state index in [1.807, 2.05) is 6.92 Å². The Kier molecular flexibility index (Phi) is 4.03. The molecule has 0 heterocycles. The fraction of sp³-hybridized carbons (Fsp3) is 0.800. The van der Waals surface area contributed by atoms with Gasteiger partial charge < -0.3 is 5.32 Å². The maximum Gasteiger partial charge on any atom is 0.336 e. The largest absolute Gasteiger partial charge is 0.337 e. The van der Waals surface area contributed by atoms with Crippen molar-refractivity contribution >= 4 is 6.03 Å². The van der Waals surface area contributed by atoms with Gasteiger partial charge in [0, 0.05) is 13.6 Å². The molecule has 0 unspecified atom stereocenters. The number of nitrogens with one attached hydrogen (secondary N) is 1. The molecule has 0 atom stereocenters. The molecule has 0 aromatic rings. The Hall–Kier alpha value is -0.730. The summed E-state index contributed by atoms with van der Waals surface area (Å²) in [6, 6.07) is -0.230. The third kappa shape index (κ3) is 3.46. The van der Waals surface area contributed by atoms with Crippen LogP contribution in [0.4, 0.5) is 4.79 Å². The maximum absolute atomic E-state index is 10.3. The van der Waals surface area contributed by atoms with Gasteiger partial charge in [0.2, 0.25) is 0 Å². The van der Waals surface area contributed by atoms with Gasteiger partial charge in [0.05, 0.1) is 0 Å². The van der Waals surface area contributed by atoms with Crippen molar-refractivity contribution in [1.82, 2.24) is 10.6 Å². The standard InChI is InChI=1S/C5H11N2O/c1-3-4-7-5(8)6-2/h3-4H2,1-2H3,(H,7,8). The predicted molar refractivity (Wildman–Crippen MR) is 31.7 cm³/mol. The monoisotopic (exact) mass is 115 g/mol. The first-order chi connectivity index (χ1) is 3.81. The summed E-state index contributed by atoms with van der Waals surface area (Å²) in [5.74, 6) is 0. The molecule has 47 valence electrons. The fourth-order valence-electron chi connectivity index (χ4n) is 0.311. The summed E-state index contributed by atoms with van der Waals surface area (Å²) < 4.78 is 0. The highest BCUT2D eigenvalue weighted by Gasteiger charge is 1.91. The second-order valence-corrected chi connectivity index (χ2v) is 1.46. The van der Waals surface area contributed by atoms with Gasteiger partial charge in [0.1, 0.15) is 0 Å². The molecular formula is C5H11N2O. The molecule has 2 amide bonds. The van der Waals surface area contributed by atoms with Gasteiger partial charge in [-0.3, -0.25) is 0 Å². The zero-order valence-corrected chi connectivity index (χ0v) is 5.27. The molecule has 3 heteroatoms. The lowest BCUT2D eigenvalue weighted by atomic mass is 10.5. The van der Waals surface area contributed by atoms with Crippen molar-refractivity contribution in [2.24, 2.45) is 0 Å². The number of carbonyl (C=O) groups is 1. The molecule has 0 saturated heterocycles. The second kappa shape index (κ2) is 4.43. The number of carbonyl (C=O) groups excluding carboxylic acids is 1. The number of hydrogen-bond acceptors (Lipinski definition) is 1. The van der Waals surface area contributed by atoms with E-state index in [0.29, 0.717) is 0 Å². The summed E-state index contributed by atoms with van der Waals surface area (Å²) in [5.41, 5.74) is 0. The molecular weight excluding hydrogens is 104 g/mol. The second-order valence-electron chi connectivity index (χ2n) is 1.46. The van der Waals surface area contributed by atoms with Crippen molar-refractivity contribution in [1.29, 1.82) is 0 Å². The van der Waals surface area contributed by atoms with E-state index in [4.69, 9.17) is 0 Å². The number of amides is 2. The molecule has 0 aromatic carbocycles. The highest BCUT2D eigenvalue weighted by Crippen LogP contribution is 1.69. The number of nitrogens with zero attached hydrogens (tertiary/aromatic N) is 1. The first-order valence-electron chi connectivity index (χ1n) is 2.69. The summed E-state index contributed by atoms with van der Waals surface area (Å²) in [4.78, 5) is 10.3. The zero-order valence-electron chi connectivity index (χ0n) is 5.27. The Bertz CT molecular complexity index is 72.8. The normalized spacial score (nSPS) is 8.25. The summed E-state index contributed by atoms with van der Waals surface area (Å²) in [5, 5.41) is 5.95. The van der Waals surface area contributed by atoms with E-state index in [1.54, 1.807) is 0 Å². The lowest BCUT2D eigenvalue weighted by molar-refractivity contribution is 0.242. The Labute approximate surface area is 49.5 Å². The number of urea groups is 1. The average Bonchev–Trinajstić information content (AvgIpc) is 1.83. The topological polar surface area (TPSA) is 43.2 Å². The molecule has 0 rings (SSSR count). The molecule has 0 aliphatic rings. The quantitative estimate of drug-likeness (QED) is 0.554. The van der Waals surface area contributed by atoms with E-state index in [0.717, 1.165) is 13.0 Å². The minimum Gasteiger partial charge on any atom is -0.337 e. The number of hydrogen-bond donors (Lipinski definition) is 1. The summed E-state index contributed by atoms with van der Waals surface area (Å²) in [6.07, 6.45) is 0.960. The van der Waals surface area contributed by atoms with Gasteiger partial charge in [0.25, 0.3) is 0 Å². The molecule has 8 heavy (non-hydrogen) atoms. The molecule has 0 fully saturated rings. The van der Waals surface area contributed by atoms with Gasteiger partial charge in [-0.25, -0.2) is 10.1 Å². The molecule has 0 aliphatic heterocycles. The van der Waals surface area contributed by atoms with Gasteiger partial charge in [0.15, 0.2) is 0 Å². The van der Waals surface area contributed by atoms with Crippen LogP contribution in [-0.2, 0) is 0 Å². The van der Waals surface area contributed by atoms with Crippen molar-refractivity contribution in [3.63, 3.8) is 0 Å². The first kappa shape index (κ1) is 7.27. The lowest BCUT2D eigenvalue weighted by Crippen LogP contribution is -2.28. The zero-order chi connectivity index (χ0) is 6.41. The van der Waals surface area contributed by atoms with Gasteiger partial charge in [-0.1, -0.05) is 6.92 Å². The highest BCUT2D eigenvalue weighted by atomic mass is 16.2. The Balaban J connectivity index is 2.99. The van der Waals surface area contributed by atoms with E-state index in [9.17, 15) is 4.79 Å². The van der Waals surface area contributed by atoms with Crippen molar-refractivity contribution in [3.05, 3.63) is 0 Å². The molecule has 0 saturated carbocycles. The van der Waals surface area contributed by atoms with Gasteiger partial charge in [-0.05, 0) is 6.42 Å². The van der Waals surface area contributed by atoms with Crippen LogP contribution in [0.1, 0.15) is 13.3 Å². The van der Waals surface area contributed by atoms with E-state index in [1.165, 1.54) is 7.05 Å². The van der Waals surface area contributed by atoms with Crippen LogP contribution in [0.3, 0.4) is 0 Å². The van der Waals surface area contributed by atoms with Crippen LogP contribution in [0, 0.1) is 0 Å². The minimum atomic E-state index is -0.230. The Morgan fingerprint density at radius 1 is 1.75 bits per heavy atom. The SMILES string of the molecule is CCCNC(=O)[N]C. The molecule has 3 nitrogen and oxygen atoms in total. The molecule has 1 N–H and O–H groups in total. The van der Waals surface area contributed by atoms with E-state index < -0.39 is 0 Å². The van der Waals surface area contributed by atoms with E-state index in [2.05, 4.69) is 10.6 Å². The van der Waals surface area contributed by atoms with E-state index >= 15 is 0 Å². The average molecular weight is 115 g/mol.